The molecule has 37 heavy (non-hydrogen) atoms. The fourth-order valence-electron chi connectivity index (χ4n) is 4.86. The Balaban J connectivity index is 1.25. The minimum absolute atomic E-state index is 0.161. The molecule has 0 radical (unpaired) electrons. The van der Waals surface area contributed by atoms with Crippen molar-refractivity contribution < 1.29 is 22.5 Å². The van der Waals surface area contributed by atoms with E-state index in [-0.39, 0.29) is 16.7 Å². The Morgan fingerprint density at radius 1 is 1.19 bits per heavy atom. The fraction of sp³-hybridized carbons (Fsp3) is 0.480. The molecule has 2 aromatic heterocycles. The smallest absolute Gasteiger partial charge is 0.243 e. The maximum atomic E-state index is 13.3. The highest BCUT2D eigenvalue weighted by Crippen LogP contribution is 2.31. The van der Waals surface area contributed by atoms with Gasteiger partial charge in [0.15, 0.2) is 0 Å². The number of methoxy groups -OCH3 is 1. The van der Waals surface area contributed by atoms with Gasteiger partial charge < -0.3 is 14.6 Å². The predicted molar refractivity (Wildman–Crippen MR) is 140 cm³/mol. The van der Waals surface area contributed by atoms with Crippen LogP contribution in [0.3, 0.4) is 0 Å². The van der Waals surface area contributed by atoms with Crippen LogP contribution in [0.5, 0.6) is 5.75 Å². The molecule has 10 nitrogen and oxygen atoms in total. The van der Waals surface area contributed by atoms with Crippen molar-refractivity contribution in [3.8, 4) is 16.5 Å². The molecular weight excluding hydrogens is 514 g/mol. The van der Waals surface area contributed by atoms with Crippen LogP contribution in [0.4, 0.5) is 5.69 Å². The van der Waals surface area contributed by atoms with Crippen molar-refractivity contribution in [1.82, 2.24) is 19.3 Å². The van der Waals surface area contributed by atoms with Crippen LogP contribution < -0.4 is 10.1 Å². The van der Waals surface area contributed by atoms with Crippen LogP contribution in [-0.2, 0) is 21.4 Å². The zero-order valence-electron chi connectivity index (χ0n) is 20.8. The summed E-state index contributed by atoms with van der Waals surface area (Å²) in [7, 11) is -2.13. The normalized spacial score (nSPS) is 19.5. The second-order valence-electron chi connectivity index (χ2n) is 9.38. The van der Waals surface area contributed by atoms with Crippen molar-refractivity contribution in [2.24, 2.45) is 5.92 Å². The molecule has 5 rings (SSSR count). The van der Waals surface area contributed by atoms with E-state index in [0.29, 0.717) is 49.3 Å². The van der Waals surface area contributed by atoms with Crippen molar-refractivity contribution >= 4 is 33.0 Å². The number of carbonyl (C=O) groups excluding carboxylic acids is 1. The number of nitrogens with zero attached hydrogens (tertiary/aromatic N) is 4. The molecule has 0 spiro atoms. The quantitative estimate of drug-likeness (QED) is 0.454. The van der Waals surface area contributed by atoms with E-state index in [9.17, 15) is 13.2 Å². The van der Waals surface area contributed by atoms with Crippen LogP contribution in [0.15, 0.2) is 45.1 Å². The number of likely N-dealkylation sites (tertiary alicyclic amines) is 1. The largest absolute Gasteiger partial charge is 0.495 e. The number of piperidine rings is 2. The lowest BCUT2D eigenvalue weighted by atomic mass is 9.97. The van der Waals surface area contributed by atoms with Gasteiger partial charge >= 0.3 is 0 Å². The van der Waals surface area contributed by atoms with E-state index in [1.165, 1.54) is 23.5 Å². The Labute approximate surface area is 220 Å². The van der Waals surface area contributed by atoms with E-state index < -0.39 is 10.0 Å². The third-order valence-electron chi connectivity index (χ3n) is 6.83. The number of carbonyl (C=O) groups is 1. The topological polar surface area (TPSA) is 118 Å². The monoisotopic (exact) mass is 545 g/mol. The standard InChI is InChI=1S/C25H31N5O5S2/c1-34-21-10-9-19(37(32,33)30-12-3-2-4-13-30)15-20(21)26-25(31)18-7-5-11-29(16-18)17-23-27-24(28-35-23)22-8-6-14-36-22/h6,8-10,14-15,18H,2-5,7,11-13,16-17H2,1H3,(H,26,31). The molecule has 198 valence electrons. The first kappa shape index (κ1) is 25.8. The summed E-state index contributed by atoms with van der Waals surface area (Å²) in [5, 5.41) is 8.96. The second kappa shape index (κ2) is 11.3. The number of hydrogen-bond donors (Lipinski definition) is 1. The van der Waals surface area contributed by atoms with Crippen LogP contribution in [0.1, 0.15) is 38.0 Å². The van der Waals surface area contributed by atoms with E-state index in [1.54, 1.807) is 17.4 Å². The zero-order chi connectivity index (χ0) is 25.8. The van der Waals surface area contributed by atoms with Crippen LogP contribution in [0.25, 0.3) is 10.7 Å². The Bertz CT molecular complexity index is 1320. The molecule has 3 aromatic rings. The number of hydrogen-bond acceptors (Lipinski definition) is 9. The summed E-state index contributed by atoms with van der Waals surface area (Å²) in [4.78, 5) is 21.0. The average Bonchev–Trinajstić information content (AvgIpc) is 3.62. The van der Waals surface area contributed by atoms with Crippen molar-refractivity contribution in [3.63, 3.8) is 0 Å². The molecule has 12 heteroatoms. The molecule has 1 aromatic carbocycles. The third-order valence-corrected chi connectivity index (χ3v) is 9.59. The van der Waals surface area contributed by atoms with Gasteiger partial charge in [0, 0.05) is 19.6 Å². The van der Waals surface area contributed by atoms with Gasteiger partial charge in [-0.3, -0.25) is 9.69 Å². The zero-order valence-corrected chi connectivity index (χ0v) is 22.4. The summed E-state index contributed by atoms with van der Waals surface area (Å²) in [5.74, 6) is 1.08. The number of ether oxygens (including phenoxy) is 1. The number of thiophene rings is 1. The van der Waals surface area contributed by atoms with Gasteiger partial charge in [0.2, 0.25) is 27.6 Å². The number of anilines is 1. The Hall–Kier alpha value is -2.80. The Morgan fingerprint density at radius 3 is 2.78 bits per heavy atom. The van der Waals surface area contributed by atoms with E-state index in [1.807, 2.05) is 17.5 Å². The lowest BCUT2D eigenvalue weighted by molar-refractivity contribution is -0.121. The number of nitrogens with one attached hydrogen (secondary N) is 1. The Morgan fingerprint density at radius 2 is 2.03 bits per heavy atom. The summed E-state index contributed by atoms with van der Waals surface area (Å²) in [6.07, 6.45) is 4.34. The van der Waals surface area contributed by atoms with Gasteiger partial charge in [-0.2, -0.15) is 9.29 Å². The van der Waals surface area contributed by atoms with Gasteiger partial charge in [0.05, 0.1) is 35.0 Å². The van der Waals surface area contributed by atoms with Crippen molar-refractivity contribution in [2.75, 3.05) is 38.6 Å². The van der Waals surface area contributed by atoms with Crippen molar-refractivity contribution in [3.05, 3.63) is 41.6 Å². The summed E-state index contributed by atoms with van der Waals surface area (Å²) in [6.45, 7) is 2.87. The van der Waals surface area contributed by atoms with Crippen LogP contribution in [0.2, 0.25) is 0 Å². The predicted octanol–water partition coefficient (Wildman–Crippen LogP) is 3.83. The summed E-state index contributed by atoms with van der Waals surface area (Å²) < 4.78 is 38.7. The molecule has 1 unspecified atom stereocenters. The first-order valence-corrected chi connectivity index (χ1v) is 14.8. The average molecular weight is 546 g/mol. The molecule has 0 bridgehead atoms. The number of rotatable bonds is 8. The molecule has 2 saturated heterocycles. The summed E-state index contributed by atoms with van der Waals surface area (Å²) >= 11 is 1.55. The van der Waals surface area contributed by atoms with E-state index in [4.69, 9.17) is 9.26 Å². The molecule has 1 atom stereocenters. The minimum Gasteiger partial charge on any atom is -0.495 e. The van der Waals surface area contributed by atoms with Gasteiger partial charge in [0.1, 0.15) is 5.75 Å². The molecule has 2 fully saturated rings. The number of sulfonamides is 1. The van der Waals surface area contributed by atoms with E-state index >= 15 is 0 Å². The third kappa shape index (κ3) is 5.87. The number of aromatic nitrogens is 2. The molecule has 0 saturated carbocycles. The van der Waals surface area contributed by atoms with Crippen LogP contribution in [0, 0.1) is 5.92 Å². The number of amides is 1. The molecule has 1 amide bonds. The molecule has 2 aliphatic rings. The highest BCUT2D eigenvalue weighted by Gasteiger charge is 2.30. The minimum atomic E-state index is -3.63. The first-order chi connectivity index (χ1) is 17.9. The SMILES string of the molecule is COc1ccc(S(=O)(=O)N2CCCCC2)cc1NC(=O)C1CCCN(Cc2nc(-c3cccs3)no2)C1. The van der Waals surface area contributed by atoms with Crippen LogP contribution >= 0.6 is 11.3 Å². The van der Waals surface area contributed by atoms with E-state index in [0.717, 1.165) is 43.5 Å². The van der Waals surface area contributed by atoms with Gasteiger partial charge in [-0.25, -0.2) is 8.42 Å². The maximum absolute atomic E-state index is 13.3. The van der Waals surface area contributed by atoms with Gasteiger partial charge in [0.25, 0.3) is 0 Å². The molecule has 2 aliphatic heterocycles. The molecule has 1 N–H and O–H groups in total. The number of benzene rings is 1. The maximum Gasteiger partial charge on any atom is 0.243 e. The Kier molecular flexibility index (Phi) is 7.89. The lowest BCUT2D eigenvalue weighted by Gasteiger charge is -2.31. The lowest BCUT2D eigenvalue weighted by Crippen LogP contribution is -2.40. The second-order valence-corrected chi connectivity index (χ2v) is 12.3. The van der Waals surface area contributed by atoms with Gasteiger partial charge in [-0.15, -0.1) is 11.3 Å². The van der Waals surface area contributed by atoms with E-state index in [2.05, 4.69) is 20.4 Å². The van der Waals surface area contributed by atoms with Crippen molar-refractivity contribution in [2.45, 2.75) is 43.5 Å². The molecular formula is C25H31N5O5S2. The summed E-state index contributed by atoms with van der Waals surface area (Å²) in [6, 6.07) is 8.53. The highest BCUT2D eigenvalue weighted by atomic mass is 32.2. The molecule has 0 aliphatic carbocycles. The fourth-order valence-corrected chi connectivity index (χ4v) is 7.06. The van der Waals surface area contributed by atoms with Gasteiger partial charge in [-0.1, -0.05) is 17.6 Å². The highest BCUT2D eigenvalue weighted by molar-refractivity contribution is 7.89. The van der Waals surface area contributed by atoms with Crippen molar-refractivity contribution in [1.29, 1.82) is 0 Å². The first-order valence-electron chi connectivity index (χ1n) is 12.5. The van der Waals surface area contributed by atoms with Crippen LogP contribution in [-0.4, -0.2) is 67.0 Å². The van der Waals surface area contributed by atoms with Gasteiger partial charge in [-0.05, 0) is 61.9 Å². The summed E-state index contributed by atoms with van der Waals surface area (Å²) in [5.41, 5.74) is 0.361. The molecule has 4 heterocycles.